The Bertz CT molecular complexity index is 904. The second kappa shape index (κ2) is 7.00. The Balaban J connectivity index is 1.88. The maximum Gasteiger partial charge on any atom is 0.160 e. The van der Waals surface area contributed by atoms with Gasteiger partial charge in [-0.1, -0.05) is 12.1 Å². The fraction of sp³-hybridized carbons (Fsp3) is 0.0588. The Hall–Kier alpha value is -3.42. The van der Waals surface area contributed by atoms with Crippen molar-refractivity contribution in [1.29, 1.82) is 0 Å². The first kappa shape index (κ1) is 16.4. The molecule has 0 aliphatic rings. The van der Waals surface area contributed by atoms with Crippen molar-refractivity contribution in [3.8, 4) is 5.75 Å². The summed E-state index contributed by atoms with van der Waals surface area (Å²) in [6.07, 6.45) is 1.30. The molecular formula is C17H15F2N5O. The van der Waals surface area contributed by atoms with Crippen molar-refractivity contribution in [1.82, 2.24) is 9.97 Å². The van der Waals surface area contributed by atoms with Crippen LogP contribution < -0.4 is 21.1 Å². The molecule has 4 N–H and O–H groups in total. The molecule has 25 heavy (non-hydrogen) atoms. The Morgan fingerprint density at radius 3 is 2.40 bits per heavy atom. The monoisotopic (exact) mass is 343 g/mol. The Morgan fingerprint density at radius 2 is 1.68 bits per heavy atom. The van der Waals surface area contributed by atoms with Crippen LogP contribution in [-0.2, 0) is 0 Å². The number of nitrogens with one attached hydrogen (secondary N) is 2. The number of hydrogen-bond acceptors (Lipinski definition) is 6. The van der Waals surface area contributed by atoms with Crippen molar-refractivity contribution in [3.63, 3.8) is 0 Å². The fourth-order valence-corrected chi connectivity index (χ4v) is 2.18. The minimum atomic E-state index is -0.968. The summed E-state index contributed by atoms with van der Waals surface area (Å²) in [5.74, 6) is -0.664. The van der Waals surface area contributed by atoms with E-state index in [9.17, 15) is 8.78 Å². The minimum absolute atomic E-state index is 0.220. The molecule has 0 aliphatic carbocycles. The second-order valence-electron chi connectivity index (χ2n) is 5.06. The molecule has 0 fully saturated rings. The molecule has 0 saturated carbocycles. The number of ether oxygens (including phenoxy) is 1. The number of nitrogens with zero attached hydrogens (tertiary/aromatic N) is 2. The van der Waals surface area contributed by atoms with Crippen LogP contribution in [0.5, 0.6) is 5.75 Å². The maximum absolute atomic E-state index is 13.3. The summed E-state index contributed by atoms with van der Waals surface area (Å²) in [6, 6.07) is 10.7. The number of rotatable bonds is 5. The summed E-state index contributed by atoms with van der Waals surface area (Å²) in [7, 11) is 1.56. The topological polar surface area (TPSA) is 85.1 Å². The molecule has 1 aromatic heterocycles. The van der Waals surface area contributed by atoms with Crippen LogP contribution in [0.2, 0.25) is 0 Å². The van der Waals surface area contributed by atoms with Crippen molar-refractivity contribution in [2.75, 3.05) is 23.5 Å². The molecule has 8 heteroatoms. The number of para-hydroxylation sites is 2. The summed E-state index contributed by atoms with van der Waals surface area (Å²) in [5, 5.41) is 5.90. The summed E-state index contributed by atoms with van der Waals surface area (Å²) in [6.45, 7) is 0. The van der Waals surface area contributed by atoms with E-state index in [0.717, 1.165) is 12.1 Å². The summed E-state index contributed by atoms with van der Waals surface area (Å²) < 4.78 is 31.6. The van der Waals surface area contributed by atoms with Gasteiger partial charge in [-0.05, 0) is 24.3 Å². The van der Waals surface area contributed by atoms with Gasteiger partial charge in [0.05, 0.1) is 12.8 Å². The molecule has 3 aromatic rings. The lowest BCUT2D eigenvalue weighted by Gasteiger charge is -2.14. The smallest absolute Gasteiger partial charge is 0.160 e. The van der Waals surface area contributed by atoms with Gasteiger partial charge in [0, 0.05) is 11.8 Å². The van der Waals surface area contributed by atoms with Crippen molar-refractivity contribution < 1.29 is 13.5 Å². The number of nitrogen functional groups attached to an aromatic ring is 1. The number of aromatic nitrogens is 2. The van der Waals surface area contributed by atoms with Crippen LogP contribution >= 0.6 is 0 Å². The van der Waals surface area contributed by atoms with Gasteiger partial charge in [-0.2, -0.15) is 0 Å². The zero-order chi connectivity index (χ0) is 17.8. The normalized spacial score (nSPS) is 10.4. The first-order chi connectivity index (χ1) is 12.1. The van der Waals surface area contributed by atoms with E-state index in [2.05, 4.69) is 20.6 Å². The highest BCUT2D eigenvalue weighted by Gasteiger charge is 2.11. The third-order valence-electron chi connectivity index (χ3n) is 3.43. The lowest BCUT2D eigenvalue weighted by Crippen LogP contribution is -2.06. The zero-order valence-corrected chi connectivity index (χ0v) is 13.3. The highest BCUT2D eigenvalue weighted by atomic mass is 19.2. The van der Waals surface area contributed by atoms with E-state index in [0.29, 0.717) is 22.9 Å². The van der Waals surface area contributed by atoms with Gasteiger partial charge in [0.25, 0.3) is 0 Å². The molecule has 0 amide bonds. The van der Waals surface area contributed by atoms with Crippen LogP contribution in [0.4, 0.5) is 37.5 Å². The Morgan fingerprint density at radius 1 is 0.960 bits per heavy atom. The van der Waals surface area contributed by atoms with Crippen LogP contribution in [0.15, 0.2) is 48.8 Å². The SMILES string of the molecule is COc1ccccc1Nc1ncnc(Nc2ccc(F)c(F)c2)c1N. The predicted octanol–water partition coefficient (Wildman–Crippen LogP) is 3.83. The summed E-state index contributed by atoms with van der Waals surface area (Å²) in [5.41, 5.74) is 7.29. The first-order valence-electron chi connectivity index (χ1n) is 7.31. The highest BCUT2D eigenvalue weighted by Crippen LogP contribution is 2.31. The molecule has 0 saturated heterocycles. The molecule has 1 heterocycles. The Kier molecular flexibility index (Phi) is 4.60. The van der Waals surface area contributed by atoms with E-state index in [4.69, 9.17) is 10.5 Å². The predicted molar refractivity (Wildman–Crippen MR) is 92.4 cm³/mol. The number of halogens is 2. The van der Waals surface area contributed by atoms with Gasteiger partial charge in [0.2, 0.25) is 0 Å². The second-order valence-corrected chi connectivity index (χ2v) is 5.06. The molecule has 0 aliphatic heterocycles. The first-order valence-corrected chi connectivity index (χ1v) is 7.31. The quantitative estimate of drug-likeness (QED) is 0.653. The summed E-state index contributed by atoms with van der Waals surface area (Å²) in [4.78, 5) is 8.14. The largest absolute Gasteiger partial charge is 0.495 e. The lowest BCUT2D eigenvalue weighted by molar-refractivity contribution is 0.417. The van der Waals surface area contributed by atoms with Crippen LogP contribution in [0.25, 0.3) is 0 Å². The molecule has 0 unspecified atom stereocenters. The van der Waals surface area contributed by atoms with Gasteiger partial charge in [-0.25, -0.2) is 18.7 Å². The molecule has 0 spiro atoms. The summed E-state index contributed by atoms with van der Waals surface area (Å²) >= 11 is 0. The molecule has 0 bridgehead atoms. The number of hydrogen-bond donors (Lipinski definition) is 3. The number of benzene rings is 2. The molecular weight excluding hydrogens is 328 g/mol. The third kappa shape index (κ3) is 3.57. The molecule has 128 valence electrons. The van der Waals surface area contributed by atoms with Crippen molar-refractivity contribution >= 4 is 28.7 Å². The maximum atomic E-state index is 13.3. The van der Waals surface area contributed by atoms with Gasteiger partial charge in [0.15, 0.2) is 23.3 Å². The average Bonchev–Trinajstić information content (AvgIpc) is 2.62. The van der Waals surface area contributed by atoms with E-state index < -0.39 is 11.6 Å². The molecule has 0 atom stereocenters. The number of methoxy groups -OCH3 is 1. The molecule has 0 radical (unpaired) electrons. The molecule has 6 nitrogen and oxygen atoms in total. The van der Waals surface area contributed by atoms with Gasteiger partial charge >= 0.3 is 0 Å². The lowest BCUT2D eigenvalue weighted by atomic mass is 10.2. The van der Waals surface area contributed by atoms with Gasteiger partial charge < -0.3 is 21.1 Å². The van der Waals surface area contributed by atoms with Gasteiger partial charge in [-0.3, -0.25) is 0 Å². The highest BCUT2D eigenvalue weighted by molar-refractivity contribution is 5.81. The van der Waals surface area contributed by atoms with Crippen LogP contribution in [0.3, 0.4) is 0 Å². The number of anilines is 5. The van der Waals surface area contributed by atoms with Crippen molar-refractivity contribution in [2.45, 2.75) is 0 Å². The van der Waals surface area contributed by atoms with Gasteiger partial charge in [0.1, 0.15) is 17.8 Å². The van der Waals surface area contributed by atoms with E-state index in [1.165, 1.54) is 12.4 Å². The standard InChI is InChI=1S/C17H15F2N5O/c1-25-14-5-3-2-4-13(14)24-17-15(20)16(21-9-22-17)23-10-6-7-11(18)12(19)8-10/h2-9H,20H2,1H3,(H2,21,22,23,24). The average molecular weight is 343 g/mol. The Labute approximate surface area is 142 Å². The van der Waals surface area contributed by atoms with Crippen molar-refractivity contribution in [3.05, 3.63) is 60.4 Å². The minimum Gasteiger partial charge on any atom is -0.495 e. The molecule has 3 rings (SSSR count). The van der Waals surface area contributed by atoms with Crippen molar-refractivity contribution in [2.24, 2.45) is 0 Å². The van der Waals surface area contributed by atoms with Crippen LogP contribution in [0.1, 0.15) is 0 Å². The fourth-order valence-electron chi connectivity index (χ4n) is 2.18. The third-order valence-corrected chi connectivity index (χ3v) is 3.43. The number of nitrogens with two attached hydrogens (primary N) is 1. The zero-order valence-electron chi connectivity index (χ0n) is 13.3. The van der Waals surface area contributed by atoms with Gasteiger partial charge in [-0.15, -0.1) is 0 Å². The van der Waals surface area contributed by atoms with E-state index in [1.54, 1.807) is 13.2 Å². The van der Waals surface area contributed by atoms with Crippen LogP contribution in [0, 0.1) is 11.6 Å². The van der Waals surface area contributed by atoms with Crippen LogP contribution in [-0.4, -0.2) is 17.1 Å². The van der Waals surface area contributed by atoms with E-state index in [-0.39, 0.29) is 11.5 Å². The van der Waals surface area contributed by atoms with E-state index in [1.807, 2.05) is 18.2 Å². The van der Waals surface area contributed by atoms with E-state index >= 15 is 0 Å². The molecule has 2 aromatic carbocycles.